The number of hydrogen-bond acceptors (Lipinski definition) is 3. The number of nitrogens with zero attached hydrogens (tertiary/aromatic N) is 2. The Balaban J connectivity index is 2.74. The minimum absolute atomic E-state index is 0.0466. The molecule has 0 radical (unpaired) electrons. The van der Waals surface area contributed by atoms with Crippen molar-refractivity contribution in [3.05, 3.63) is 67.0 Å². The van der Waals surface area contributed by atoms with Crippen molar-refractivity contribution in [1.29, 1.82) is 0 Å². The van der Waals surface area contributed by atoms with Crippen LogP contribution in [0.1, 0.15) is 10.5 Å². The van der Waals surface area contributed by atoms with Crippen molar-refractivity contribution in [2.45, 2.75) is 0 Å². The van der Waals surface area contributed by atoms with E-state index >= 15 is 0 Å². The molecule has 0 unspecified atom stereocenters. The fourth-order valence-electron chi connectivity index (χ4n) is 1.20. The molecule has 4 nitrogen and oxygen atoms in total. The van der Waals surface area contributed by atoms with Gasteiger partial charge in [0.25, 0.3) is 5.91 Å². The minimum Gasteiger partial charge on any atom is -0.285 e. The lowest BCUT2D eigenvalue weighted by Gasteiger charge is -2.14. The Hall–Kier alpha value is -2.20. The third-order valence-electron chi connectivity index (χ3n) is 2.04. The molecule has 4 heteroatoms. The Bertz CT molecular complexity index is 438. The SMILES string of the molecule is C=C/C=C(\C=C)CN(O)C(=O)c1ccccn1. The Kier molecular flexibility index (Phi) is 4.84. The second-order valence-electron chi connectivity index (χ2n) is 3.26. The zero-order chi connectivity index (χ0) is 12.7. The molecule has 1 aromatic rings. The predicted octanol–water partition coefficient (Wildman–Crippen LogP) is 2.21. The quantitative estimate of drug-likeness (QED) is 0.479. The van der Waals surface area contributed by atoms with E-state index < -0.39 is 5.91 Å². The molecule has 1 N–H and O–H groups in total. The van der Waals surface area contributed by atoms with Crippen molar-refractivity contribution in [3.8, 4) is 0 Å². The predicted molar refractivity (Wildman–Crippen MR) is 65.5 cm³/mol. The maximum atomic E-state index is 11.7. The molecule has 1 amide bonds. The zero-order valence-electron chi connectivity index (χ0n) is 9.41. The van der Waals surface area contributed by atoms with Gasteiger partial charge in [-0.2, -0.15) is 0 Å². The summed E-state index contributed by atoms with van der Waals surface area (Å²) < 4.78 is 0. The molecule has 1 aromatic heterocycles. The van der Waals surface area contributed by atoms with E-state index in [0.29, 0.717) is 10.6 Å². The highest BCUT2D eigenvalue weighted by atomic mass is 16.5. The van der Waals surface area contributed by atoms with Gasteiger partial charge in [0.2, 0.25) is 0 Å². The second kappa shape index (κ2) is 6.40. The van der Waals surface area contributed by atoms with Gasteiger partial charge in [-0.15, -0.1) is 0 Å². The van der Waals surface area contributed by atoms with Crippen LogP contribution in [0.4, 0.5) is 0 Å². The molecular formula is C13H14N2O2. The van der Waals surface area contributed by atoms with Gasteiger partial charge in [-0.25, -0.2) is 5.06 Å². The van der Waals surface area contributed by atoms with Crippen LogP contribution in [0.3, 0.4) is 0 Å². The third-order valence-corrected chi connectivity index (χ3v) is 2.04. The Labute approximate surface area is 100 Å². The first-order valence-corrected chi connectivity index (χ1v) is 5.05. The van der Waals surface area contributed by atoms with Crippen LogP contribution in [0.2, 0.25) is 0 Å². The number of amides is 1. The first kappa shape index (κ1) is 12.9. The van der Waals surface area contributed by atoms with Crippen LogP contribution < -0.4 is 0 Å². The normalized spacial score (nSPS) is 10.8. The molecule has 0 aliphatic carbocycles. The van der Waals surface area contributed by atoms with Gasteiger partial charge in [0, 0.05) is 6.20 Å². The number of rotatable bonds is 5. The van der Waals surface area contributed by atoms with Gasteiger partial charge >= 0.3 is 0 Å². The molecule has 1 heterocycles. The van der Waals surface area contributed by atoms with Crippen LogP contribution in [0.5, 0.6) is 0 Å². The highest BCUT2D eigenvalue weighted by Gasteiger charge is 2.14. The topological polar surface area (TPSA) is 53.4 Å². The summed E-state index contributed by atoms with van der Waals surface area (Å²) in [6, 6.07) is 4.92. The van der Waals surface area contributed by atoms with Gasteiger partial charge in [-0.3, -0.25) is 15.0 Å². The van der Waals surface area contributed by atoms with Crippen molar-refractivity contribution in [2.24, 2.45) is 0 Å². The summed E-state index contributed by atoms with van der Waals surface area (Å²) in [7, 11) is 0. The van der Waals surface area contributed by atoms with Gasteiger partial charge in [-0.1, -0.05) is 37.5 Å². The standard InChI is InChI=1S/C13H14N2O2/c1-3-7-11(4-2)10-15(17)13(16)12-8-5-6-9-14-12/h3-9,17H,1-2,10H2/b11-7+. The summed E-state index contributed by atoms with van der Waals surface area (Å²) in [5, 5.41) is 10.2. The van der Waals surface area contributed by atoms with Crippen LogP contribution in [0.25, 0.3) is 0 Å². The van der Waals surface area contributed by atoms with E-state index in [1.165, 1.54) is 12.3 Å². The average molecular weight is 230 g/mol. The molecule has 1 rings (SSSR count). The van der Waals surface area contributed by atoms with E-state index in [4.69, 9.17) is 0 Å². The molecule has 0 fully saturated rings. The van der Waals surface area contributed by atoms with Gasteiger partial charge in [0.1, 0.15) is 5.69 Å². The fraction of sp³-hybridized carbons (Fsp3) is 0.0769. The zero-order valence-corrected chi connectivity index (χ0v) is 9.41. The molecule has 0 saturated heterocycles. The number of hydroxylamine groups is 2. The summed E-state index contributed by atoms with van der Waals surface area (Å²) in [5.41, 5.74) is 0.879. The smallest absolute Gasteiger partial charge is 0.285 e. The largest absolute Gasteiger partial charge is 0.296 e. The molecule has 0 aliphatic heterocycles. The van der Waals surface area contributed by atoms with E-state index in [-0.39, 0.29) is 12.2 Å². The lowest BCUT2D eigenvalue weighted by atomic mass is 10.2. The Morgan fingerprint density at radius 2 is 2.24 bits per heavy atom. The second-order valence-corrected chi connectivity index (χ2v) is 3.26. The first-order valence-electron chi connectivity index (χ1n) is 5.05. The molecule has 0 spiro atoms. The first-order chi connectivity index (χ1) is 8.19. The van der Waals surface area contributed by atoms with E-state index in [1.54, 1.807) is 30.4 Å². The molecule has 0 saturated carbocycles. The Morgan fingerprint density at radius 3 is 2.76 bits per heavy atom. The number of carbonyl (C=O) groups is 1. The number of pyridine rings is 1. The van der Waals surface area contributed by atoms with Crippen molar-refractivity contribution in [2.75, 3.05) is 6.54 Å². The highest BCUT2D eigenvalue weighted by molar-refractivity contribution is 5.91. The van der Waals surface area contributed by atoms with Crippen LogP contribution in [0, 0.1) is 0 Å². The number of carbonyl (C=O) groups excluding carboxylic acids is 1. The number of hydrogen-bond donors (Lipinski definition) is 1. The number of aromatic nitrogens is 1. The van der Waals surface area contributed by atoms with Gasteiger partial charge in [0.15, 0.2) is 0 Å². The van der Waals surface area contributed by atoms with Crippen LogP contribution in [-0.4, -0.2) is 27.7 Å². The third kappa shape index (κ3) is 3.70. The highest BCUT2D eigenvalue weighted by Crippen LogP contribution is 2.04. The maximum Gasteiger partial charge on any atom is 0.296 e. The molecule has 88 valence electrons. The molecule has 17 heavy (non-hydrogen) atoms. The van der Waals surface area contributed by atoms with Gasteiger partial charge < -0.3 is 0 Å². The van der Waals surface area contributed by atoms with Gasteiger partial charge in [0.05, 0.1) is 6.54 Å². The average Bonchev–Trinajstić information content (AvgIpc) is 2.38. The van der Waals surface area contributed by atoms with Crippen LogP contribution in [-0.2, 0) is 0 Å². The summed E-state index contributed by atoms with van der Waals surface area (Å²) in [4.78, 5) is 15.6. The van der Waals surface area contributed by atoms with E-state index in [2.05, 4.69) is 18.1 Å². The minimum atomic E-state index is -0.553. The Morgan fingerprint density at radius 1 is 1.47 bits per heavy atom. The van der Waals surface area contributed by atoms with Crippen molar-refractivity contribution in [1.82, 2.24) is 10.0 Å². The maximum absolute atomic E-state index is 11.7. The molecule has 0 bridgehead atoms. The van der Waals surface area contributed by atoms with E-state index in [1.807, 2.05) is 0 Å². The summed E-state index contributed by atoms with van der Waals surface area (Å²) in [5.74, 6) is -0.553. The van der Waals surface area contributed by atoms with Crippen molar-refractivity contribution < 1.29 is 10.0 Å². The van der Waals surface area contributed by atoms with Crippen LogP contribution >= 0.6 is 0 Å². The van der Waals surface area contributed by atoms with Crippen LogP contribution in [0.15, 0.2) is 61.4 Å². The fourth-order valence-corrected chi connectivity index (χ4v) is 1.20. The van der Waals surface area contributed by atoms with E-state index in [0.717, 1.165) is 0 Å². The van der Waals surface area contributed by atoms with Crippen molar-refractivity contribution >= 4 is 5.91 Å². The lowest BCUT2D eigenvalue weighted by Crippen LogP contribution is -2.29. The van der Waals surface area contributed by atoms with E-state index in [9.17, 15) is 10.0 Å². The number of allylic oxidation sites excluding steroid dienone is 2. The summed E-state index contributed by atoms with van der Waals surface area (Å²) >= 11 is 0. The molecular weight excluding hydrogens is 216 g/mol. The molecule has 0 aliphatic rings. The summed E-state index contributed by atoms with van der Waals surface area (Å²) in [6.45, 7) is 7.17. The molecule has 0 aromatic carbocycles. The summed E-state index contributed by atoms with van der Waals surface area (Å²) in [6.07, 6.45) is 6.28. The lowest BCUT2D eigenvalue weighted by molar-refractivity contribution is -0.0511. The van der Waals surface area contributed by atoms with Crippen molar-refractivity contribution in [3.63, 3.8) is 0 Å². The van der Waals surface area contributed by atoms with Gasteiger partial charge in [-0.05, 0) is 17.7 Å². The molecule has 0 atom stereocenters. The monoisotopic (exact) mass is 230 g/mol.